The molecule has 0 aromatic heterocycles. The summed E-state index contributed by atoms with van der Waals surface area (Å²) in [5.74, 6) is -1.61. The summed E-state index contributed by atoms with van der Waals surface area (Å²) in [6.07, 6.45) is -1.23. The molecule has 0 radical (unpaired) electrons. The third-order valence-electron chi connectivity index (χ3n) is 2.54. The van der Waals surface area contributed by atoms with Crippen LogP contribution < -0.4 is 4.74 Å². The van der Waals surface area contributed by atoms with E-state index in [1.54, 1.807) is 0 Å². The average Bonchev–Trinajstić information content (AvgIpc) is 2.37. The van der Waals surface area contributed by atoms with Crippen LogP contribution >= 0.6 is 0 Å². The maximum atomic E-state index is 13.4. The van der Waals surface area contributed by atoms with Crippen molar-refractivity contribution in [1.29, 1.82) is 0 Å². The Bertz CT molecular complexity index is 555. The van der Waals surface area contributed by atoms with Crippen LogP contribution in [0.1, 0.15) is 11.7 Å². The fourth-order valence-corrected chi connectivity index (χ4v) is 1.57. The van der Waals surface area contributed by atoms with Crippen LogP contribution in [0.5, 0.6) is 5.75 Å². The molecule has 2 aromatic rings. The zero-order valence-electron chi connectivity index (χ0n) is 9.82. The van der Waals surface area contributed by atoms with Crippen molar-refractivity contribution in [2.75, 3.05) is 6.61 Å². The molecule has 100 valence electrons. The van der Waals surface area contributed by atoms with E-state index in [0.717, 1.165) is 12.1 Å². The van der Waals surface area contributed by atoms with Gasteiger partial charge in [0.05, 0.1) is 0 Å². The van der Waals surface area contributed by atoms with E-state index in [0.29, 0.717) is 11.8 Å². The highest BCUT2D eigenvalue weighted by molar-refractivity contribution is 5.24. The number of aliphatic hydroxyl groups excluding tert-OH is 1. The maximum Gasteiger partial charge on any atom is 0.132 e. The minimum atomic E-state index is -1.23. The lowest BCUT2D eigenvalue weighted by Gasteiger charge is -2.13. The number of benzene rings is 2. The van der Waals surface area contributed by atoms with Gasteiger partial charge in [0.1, 0.15) is 35.9 Å². The highest BCUT2D eigenvalue weighted by Gasteiger charge is 2.14. The molecular formula is C14H11F3O2. The predicted octanol–water partition coefficient (Wildman–Crippen LogP) is 3.22. The standard InChI is InChI=1S/C14H11F3O2/c15-9-1-4-11(5-2-9)19-8-14(18)12-6-3-10(16)7-13(12)17/h1-7,14,18H,8H2. The van der Waals surface area contributed by atoms with Crippen molar-refractivity contribution in [3.8, 4) is 5.75 Å². The van der Waals surface area contributed by atoms with Crippen molar-refractivity contribution in [2.45, 2.75) is 6.10 Å². The second kappa shape index (κ2) is 5.75. The molecule has 5 heteroatoms. The van der Waals surface area contributed by atoms with Crippen LogP contribution in [-0.2, 0) is 0 Å². The summed E-state index contributed by atoms with van der Waals surface area (Å²) in [6.45, 7) is -0.214. The van der Waals surface area contributed by atoms with Crippen molar-refractivity contribution in [3.63, 3.8) is 0 Å². The number of halogens is 3. The molecule has 0 spiro atoms. The third-order valence-corrected chi connectivity index (χ3v) is 2.54. The van der Waals surface area contributed by atoms with Gasteiger partial charge in [-0.3, -0.25) is 0 Å². The summed E-state index contributed by atoms with van der Waals surface area (Å²) in [5.41, 5.74) is -0.0523. The topological polar surface area (TPSA) is 29.5 Å². The molecule has 2 rings (SSSR count). The molecule has 2 aromatic carbocycles. The summed E-state index contributed by atoms with van der Waals surface area (Å²) in [7, 11) is 0. The van der Waals surface area contributed by atoms with Crippen LogP contribution in [0.2, 0.25) is 0 Å². The minimum absolute atomic E-state index is 0.0523. The van der Waals surface area contributed by atoms with Crippen LogP contribution in [0.3, 0.4) is 0 Å². The molecular weight excluding hydrogens is 257 g/mol. The Hall–Kier alpha value is -2.01. The number of hydrogen-bond donors (Lipinski definition) is 1. The molecule has 0 aliphatic heterocycles. The average molecular weight is 268 g/mol. The second-order valence-corrected chi connectivity index (χ2v) is 3.95. The highest BCUT2D eigenvalue weighted by Crippen LogP contribution is 2.20. The first-order valence-electron chi connectivity index (χ1n) is 5.57. The van der Waals surface area contributed by atoms with Crippen molar-refractivity contribution < 1.29 is 23.0 Å². The molecule has 1 unspecified atom stereocenters. The molecule has 0 aliphatic carbocycles. The zero-order valence-corrected chi connectivity index (χ0v) is 9.82. The first-order valence-corrected chi connectivity index (χ1v) is 5.57. The number of aliphatic hydroxyl groups is 1. The van der Waals surface area contributed by atoms with Crippen LogP contribution in [0.25, 0.3) is 0 Å². The Balaban J connectivity index is 2.01. The minimum Gasteiger partial charge on any atom is -0.491 e. The molecule has 0 saturated heterocycles. The van der Waals surface area contributed by atoms with Gasteiger partial charge >= 0.3 is 0 Å². The van der Waals surface area contributed by atoms with Crippen LogP contribution in [0, 0.1) is 17.5 Å². The van der Waals surface area contributed by atoms with Crippen molar-refractivity contribution in [2.24, 2.45) is 0 Å². The van der Waals surface area contributed by atoms with E-state index in [1.807, 2.05) is 0 Å². The van der Waals surface area contributed by atoms with Crippen LogP contribution in [0.4, 0.5) is 13.2 Å². The normalized spacial score (nSPS) is 12.2. The highest BCUT2D eigenvalue weighted by atomic mass is 19.1. The molecule has 0 amide bonds. The largest absolute Gasteiger partial charge is 0.491 e. The predicted molar refractivity (Wildman–Crippen MR) is 63.2 cm³/mol. The molecule has 2 nitrogen and oxygen atoms in total. The van der Waals surface area contributed by atoms with Crippen LogP contribution in [0.15, 0.2) is 42.5 Å². The van der Waals surface area contributed by atoms with Gasteiger partial charge in [0.2, 0.25) is 0 Å². The monoisotopic (exact) mass is 268 g/mol. The summed E-state index contributed by atoms with van der Waals surface area (Å²) in [5, 5.41) is 9.75. The Morgan fingerprint density at radius 3 is 2.21 bits per heavy atom. The van der Waals surface area contributed by atoms with Gasteiger partial charge in [0.25, 0.3) is 0 Å². The van der Waals surface area contributed by atoms with E-state index in [1.165, 1.54) is 24.3 Å². The van der Waals surface area contributed by atoms with Gasteiger partial charge in [0, 0.05) is 11.6 Å². The Morgan fingerprint density at radius 2 is 1.58 bits per heavy atom. The summed E-state index contributed by atoms with van der Waals surface area (Å²) in [6, 6.07) is 8.10. The van der Waals surface area contributed by atoms with E-state index in [-0.39, 0.29) is 12.2 Å². The second-order valence-electron chi connectivity index (χ2n) is 3.95. The smallest absolute Gasteiger partial charge is 0.132 e. The van der Waals surface area contributed by atoms with E-state index < -0.39 is 23.6 Å². The number of rotatable bonds is 4. The lowest BCUT2D eigenvalue weighted by molar-refractivity contribution is 0.105. The summed E-state index contributed by atoms with van der Waals surface area (Å²) in [4.78, 5) is 0. The SMILES string of the molecule is OC(COc1ccc(F)cc1)c1ccc(F)cc1F. The Kier molecular flexibility index (Phi) is 4.06. The zero-order chi connectivity index (χ0) is 13.8. The lowest BCUT2D eigenvalue weighted by atomic mass is 10.1. The molecule has 0 heterocycles. The van der Waals surface area contributed by atoms with Gasteiger partial charge in [0.15, 0.2) is 0 Å². The fraction of sp³-hybridized carbons (Fsp3) is 0.143. The van der Waals surface area contributed by atoms with Crippen molar-refractivity contribution in [3.05, 3.63) is 65.5 Å². The fourth-order valence-electron chi connectivity index (χ4n) is 1.57. The first-order chi connectivity index (χ1) is 9.06. The molecule has 0 saturated carbocycles. The van der Waals surface area contributed by atoms with Gasteiger partial charge in [-0.1, -0.05) is 6.07 Å². The Morgan fingerprint density at radius 1 is 0.947 bits per heavy atom. The molecule has 1 N–H and O–H groups in total. The molecule has 0 fully saturated rings. The Labute approximate surface area is 108 Å². The molecule has 0 bridgehead atoms. The number of hydrogen-bond acceptors (Lipinski definition) is 2. The van der Waals surface area contributed by atoms with Gasteiger partial charge < -0.3 is 9.84 Å². The van der Waals surface area contributed by atoms with Gasteiger partial charge in [-0.25, -0.2) is 13.2 Å². The number of ether oxygens (including phenoxy) is 1. The first kappa shape index (κ1) is 13.4. The van der Waals surface area contributed by atoms with Crippen molar-refractivity contribution >= 4 is 0 Å². The third kappa shape index (κ3) is 3.48. The van der Waals surface area contributed by atoms with Gasteiger partial charge in [-0.15, -0.1) is 0 Å². The summed E-state index contributed by atoms with van der Waals surface area (Å²) < 4.78 is 43.9. The van der Waals surface area contributed by atoms with Gasteiger partial charge in [-0.2, -0.15) is 0 Å². The van der Waals surface area contributed by atoms with Crippen molar-refractivity contribution in [1.82, 2.24) is 0 Å². The quantitative estimate of drug-likeness (QED) is 0.922. The van der Waals surface area contributed by atoms with E-state index >= 15 is 0 Å². The summed E-state index contributed by atoms with van der Waals surface area (Å²) >= 11 is 0. The van der Waals surface area contributed by atoms with Gasteiger partial charge in [-0.05, 0) is 30.3 Å². The van der Waals surface area contributed by atoms with E-state index in [9.17, 15) is 18.3 Å². The van der Waals surface area contributed by atoms with E-state index in [4.69, 9.17) is 4.74 Å². The molecule has 1 atom stereocenters. The molecule has 19 heavy (non-hydrogen) atoms. The van der Waals surface area contributed by atoms with Crippen LogP contribution in [-0.4, -0.2) is 11.7 Å². The van der Waals surface area contributed by atoms with E-state index in [2.05, 4.69) is 0 Å². The molecule has 0 aliphatic rings. The lowest BCUT2D eigenvalue weighted by Crippen LogP contribution is -2.11. The maximum absolute atomic E-state index is 13.4.